The smallest absolute Gasteiger partial charge is 0.130 e. The van der Waals surface area contributed by atoms with Gasteiger partial charge in [0.05, 0.1) is 12.3 Å². The number of hydrogen-bond acceptors (Lipinski definition) is 4. The van der Waals surface area contributed by atoms with E-state index in [1.54, 1.807) is 6.20 Å². The highest BCUT2D eigenvalue weighted by Gasteiger charge is 2.01. The van der Waals surface area contributed by atoms with Crippen LogP contribution in [-0.4, -0.2) is 18.1 Å². The van der Waals surface area contributed by atoms with Crippen LogP contribution in [0, 0.1) is 0 Å². The van der Waals surface area contributed by atoms with E-state index >= 15 is 0 Å². The average Bonchev–Trinajstić information content (AvgIpc) is 2.53. The summed E-state index contributed by atoms with van der Waals surface area (Å²) in [5, 5.41) is 3.25. The summed E-state index contributed by atoms with van der Waals surface area (Å²) in [6.07, 6.45) is 2.77. The zero-order chi connectivity index (χ0) is 14.9. The molecule has 0 unspecified atom stereocenters. The van der Waals surface area contributed by atoms with Crippen LogP contribution in [0.25, 0.3) is 0 Å². The van der Waals surface area contributed by atoms with Gasteiger partial charge in [-0.3, -0.25) is 4.98 Å². The molecule has 112 valence electrons. The molecule has 0 saturated carbocycles. The molecular formula is C17H22N2O2. The van der Waals surface area contributed by atoms with Gasteiger partial charge in [0.25, 0.3) is 0 Å². The van der Waals surface area contributed by atoms with E-state index in [9.17, 15) is 0 Å². The van der Waals surface area contributed by atoms with Crippen LogP contribution < -0.4 is 14.8 Å². The number of nitrogens with one attached hydrogen (secondary N) is 1. The first-order valence-electron chi connectivity index (χ1n) is 7.38. The van der Waals surface area contributed by atoms with Crippen LogP contribution in [0.5, 0.6) is 17.2 Å². The van der Waals surface area contributed by atoms with Crippen molar-refractivity contribution in [2.24, 2.45) is 0 Å². The maximum atomic E-state index is 5.84. The van der Waals surface area contributed by atoms with Gasteiger partial charge >= 0.3 is 0 Å². The van der Waals surface area contributed by atoms with Crippen molar-refractivity contribution in [2.75, 3.05) is 13.2 Å². The third-order valence-corrected chi connectivity index (χ3v) is 2.88. The quantitative estimate of drug-likeness (QED) is 0.802. The Morgan fingerprint density at radius 2 is 1.76 bits per heavy atom. The average molecular weight is 286 g/mol. The Morgan fingerprint density at radius 1 is 1.00 bits per heavy atom. The van der Waals surface area contributed by atoms with Crippen molar-refractivity contribution < 1.29 is 9.47 Å². The monoisotopic (exact) mass is 286 g/mol. The number of benzene rings is 1. The lowest BCUT2D eigenvalue weighted by atomic mass is 10.3. The maximum absolute atomic E-state index is 5.84. The van der Waals surface area contributed by atoms with Gasteiger partial charge in [0.15, 0.2) is 0 Å². The number of aromatic nitrogens is 1. The van der Waals surface area contributed by atoms with Crippen LogP contribution in [0.2, 0.25) is 0 Å². The third kappa shape index (κ3) is 5.08. The fraction of sp³-hybridized carbons (Fsp3) is 0.353. The minimum Gasteiger partial charge on any atom is -0.494 e. The Bertz CT molecular complexity index is 541. The van der Waals surface area contributed by atoms with Gasteiger partial charge in [-0.2, -0.15) is 0 Å². The van der Waals surface area contributed by atoms with E-state index in [2.05, 4.69) is 24.1 Å². The number of pyridine rings is 1. The topological polar surface area (TPSA) is 43.4 Å². The molecule has 4 nitrogen and oxygen atoms in total. The fourth-order valence-electron chi connectivity index (χ4n) is 1.83. The summed E-state index contributed by atoms with van der Waals surface area (Å²) >= 11 is 0. The zero-order valence-corrected chi connectivity index (χ0v) is 12.6. The van der Waals surface area contributed by atoms with Crippen molar-refractivity contribution in [3.05, 3.63) is 48.3 Å². The molecule has 0 amide bonds. The van der Waals surface area contributed by atoms with Gasteiger partial charge in [0.1, 0.15) is 17.2 Å². The summed E-state index contributed by atoms with van der Waals surface area (Å²) in [7, 11) is 0. The predicted molar refractivity (Wildman–Crippen MR) is 83.9 cm³/mol. The molecule has 0 aliphatic rings. The van der Waals surface area contributed by atoms with Crippen molar-refractivity contribution in [3.8, 4) is 17.2 Å². The molecule has 1 aromatic carbocycles. The van der Waals surface area contributed by atoms with Gasteiger partial charge in [-0.05, 0) is 43.3 Å². The van der Waals surface area contributed by atoms with Crippen molar-refractivity contribution in [1.82, 2.24) is 10.3 Å². The molecule has 2 rings (SSSR count). The van der Waals surface area contributed by atoms with Gasteiger partial charge in [-0.15, -0.1) is 0 Å². The molecule has 21 heavy (non-hydrogen) atoms. The van der Waals surface area contributed by atoms with Crippen LogP contribution in [0.4, 0.5) is 0 Å². The molecule has 1 aromatic heterocycles. The van der Waals surface area contributed by atoms with Crippen LogP contribution in [0.15, 0.2) is 42.6 Å². The molecule has 4 heteroatoms. The van der Waals surface area contributed by atoms with E-state index in [0.717, 1.165) is 49.1 Å². The molecule has 0 aliphatic carbocycles. The second-order valence-electron chi connectivity index (χ2n) is 4.69. The minimum absolute atomic E-state index is 0.734. The molecule has 1 N–H and O–H groups in total. The Labute approximate surface area is 126 Å². The first-order valence-corrected chi connectivity index (χ1v) is 7.38. The SMILES string of the molecule is CCCOc1ccc(Oc2ccnc(CNCC)c2)cc1. The predicted octanol–water partition coefficient (Wildman–Crippen LogP) is 3.77. The fourth-order valence-corrected chi connectivity index (χ4v) is 1.83. The van der Waals surface area contributed by atoms with E-state index in [4.69, 9.17) is 9.47 Å². The highest BCUT2D eigenvalue weighted by atomic mass is 16.5. The number of hydrogen-bond donors (Lipinski definition) is 1. The first kappa shape index (κ1) is 15.3. The largest absolute Gasteiger partial charge is 0.494 e. The van der Waals surface area contributed by atoms with Gasteiger partial charge < -0.3 is 14.8 Å². The summed E-state index contributed by atoms with van der Waals surface area (Å²) in [5.74, 6) is 2.45. The second-order valence-corrected chi connectivity index (χ2v) is 4.69. The molecule has 0 fully saturated rings. The number of rotatable bonds is 8. The zero-order valence-electron chi connectivity index (χ0n) is 12.6. The van der Waals surface area contributed by atoms with Crippen LogP contribution in [-0.2, 0) is 6.54 Å². The van der Waals surface area contributed by atoms with E-state index in [1.165, 1.54) is 0 Å². The lowest BCUT2D eigenvalue weighted by Gasteiger charge is -2.09. The Morgan fingerprint density at radius 3 is 2.48 bits per heavy atom. The van der Waals surface area contributed by atoms with Gasteiger partial charge in [-0.1, -0.05) is 13.8 Å². The lowest BCUT2D eigenvalue weighted by molar-refractivity contribution is 0.317. The Hall–Kier alpha value is -2.07. The molecule has 0 aliphatic heterocycles. The number of nitrogens with zero attached hydrogens (tertiary/aromatic N) is 1. The molecule has 1 heterocycles. The van der Waals surface area contributed by atoms with E-state index in [0.29, 0.717) is 0 Å². The summed E-state index contributed by atoms with van der Waals surface area (Å²) in [5.41, 5.74) is 0.970. The second kappa shape index (κ2) is 8.27. The van der Waals surface area contributed by atoms with E-state index in [1.807, 2.05) is 36.4 Å². The van der Waals surface area contributed by atoms with Crippen molar-refractivity contribution in [2.45, 2.75) is 26.8 Å². The first-order chi connectivity index (χ1) is 10.3. The molecule has 0 radical (unpaired) electrons. The van der Waals surface area contributed by atoms with Gasteiger partial charge in [0.2, 0.25) is 0 Å². The summed E-state index contributed by atoms with van der Waals surface area (Å²) < 4.78 is 11.4. The molecular weight excluding hydrogens is 264 g/mol. The molecule has 0 atom stereocenters. The highest BCUT2D eigenvalue weighted by Crippen LogP contribution is 2.24. The Kier molecular flexibility index (Phi) is 6.03. The van der Waals surface area contributed by atoms with Gasteiger partial charge in [-0.25, -0.2) is 0 Å². The van der Waals surface area contributed by atoms with Crippen LogP contribution >= 0.6 is 0 Å². The highest BCUT2D eigenvalue weighted by molar-refractivity contribution is 5.35. The minimum atomic E-state index is 0.734. The van der Waals surface area contributed by atoms with Gasteiger partial charge in [0, 0.05) is 18.8 Å². The van der Waals surface area contributed by atoms with Crippen LogP contribution in [0.3, 0.4) is 0 Å². The summed E-state index contributed by atoms with van der Waals surface area (Å²) in [6.45, 7) is 6.57. The van der Waals surface area contributed by atoms with Crippen molar-refractivity contribution in [3.63, 3.8) is 0 Å². The van der Waals surface area contributed by atoms with E-state index in [-0.39, 0.29) is 0 Å². The Balaban J connectivity index is 1.97. The van der Waals surface area contributed by atoms with Crippen molar-refractivity contribution in [1.29, 1.82) is 0 Å². The molecule has 0 bridgehead atoms. The molecule has 0 spiro atoms. The normalized spacial score (nSPS) is 10.4. The summed E-state index contributed by atoms with van der Waals surface area (Å²) in [6, 6.07) is 11.5. The lowest BCUT2D eigenvalue weighted by Crippen LogP contribution is -2.12. The molecule has 2 aromatic rings. The molecule has 0 saturated heterocycles. The van der Waals surface area contributed by atoms with Crippen LogP contribution in [0.1, 0.15) is 26.0 Å². The standard InChI is InChI=1S/C17H22N2O2/c1-3-11-20-15-5-7-16(8-6-15)21-17-9-10-19-14(12-17)13-18-4-2/h5-10,12,18H,3-4,11,13H2,1-2H3. The van der Waals surface area contributed by atoms with E-state index < -0.39 is 0 Å². The number of ether oxygens (including phenoxy) is 2. The maximum Gasteiger partial charge on any atom is 0.130 e. The third-order valence-electron chi connectivity index (χ3n) is 2.88. The summed E-state index contributed by atoms with van der Waals surface area (Å²) in [4.78, 5) is 4.30. The van der Waals surface area contributed by atoms with Crippen molar-refractivity contribution >= 4 is 0 Å².